The van der Waals surface area contributed by atoms with Crippen molar-refractivity contribution in [2.24, 2.45) is 0 Å². The molecule has 10 aromatic rings. The third kappa shape index (κ3) is 8.03. The van der Waals surface area contributed by atoms with Crippen molar-refractivity contribution in [1.29, 1.82) is 0 Å². The number of rotatable bonds is 7. The zero-order valence-corrected chi connectivity index (χ0v) is 43.0. The van der Waals surface area contributed by atoms with Gasteiger partial charge in [-0.2, -0.15) is 0 Å². The molecule has 1 aliphatic carbocycles. The molecule has 6 heteroatoms. The predicted octanol–water partition coefficient (Wildman–Crippen LogP) is 16.2. The fraction of sp³-hybridized carbons (Fsp3) is 0.238. The van der Waals surface area contributed by atoms with Gasteiger partial charge in [0.25, 0.3) is 0 Å². The summed E-state index contributed by atoms with van der Waals surface area (Å²) in [5.41, 5.74) is 14.6. The van der Waals surface area contributed by atoms with Gasteiger partial charge in [0, 0.05) is 6.20 Å². The van der Waals surface area contributed by atoms with Gasteiger partial charge in [-0.05, 0) is 29.2 Å². The molecular formula is C63H58N4OPt-2. The Balaban J connectivity index is 1.06. The van der Waals surface area contributed by atoms with Gasteiger partial charge >= 0.3 is 341 Å². The Labute approximate surface area is 423 Å². The third-order valence-corrected chi connectivity index (χ3v) is 14.8. The van der Waals surface area contributed by atoms with Crippen LogP contribution in [0.15, 0.2) is 158 Å². The summed E-state index contributed by atoms with van der Waals surface area (Å²) in [5.74, 6) is 1.51. The van der Waals surface area contributed by atoms with Crippen molar-refractivity contribution in [1.82, 2.24) is 18.7 Å². The molecule has 1 aliphatic rings. The maximum atomic E-state index is 9.10. The molecule has 1 atom stereocenters. The van der Waals surface area contributed by atoms with Crippen LogP contribution in [0.5, 0.6) is 11.5 Å². The minimum atomic E-state index is -0.301. The van der Waals surface area contributed by atoms with Crippen LogP contribution in [0.1, 0.15) is 108 Å². The molecule has 11 rings (SSSR count). The average Bonchev–Trinajstić information content (AvgIpc) is 4.03. The van der Waals surface area contributed by atoms with E-state index in [1.54, 1.807) is 10.8 Å². The molecule has 348 valence electrons. The number of aryl methyl sites for hydroxylation is 1. The van der Waals surface area contributed by atoms with Crippen LogP contribution in [0.4, 0.5) is 0 Å². The Kier molecular flexibility index (Phi) is 9.85. The number of nitrogens with zero attached hydrogens (tertiary/aromatic N) is 4. The molecule has 0 radical (unpaired) electrons. The number of pyridine rings is 1. The first-order valence-electron chi connectivity index (χ1n) is 25.9. The SMILES string of the molecule is [2H]c1c([2H])c([2H])c2c(c1[2H])c1ccc(Oc3[c-]c4c(cc3)CCC4n3[c](=[Pt])n(-c4c(-c5ccccc5)cccc4-c4cc(C(C)(C)C)cc(C(C)(C)C)c4)c4ccccc43)[c-]c1n2-c1cc(C(C)(C)C)ccn1. The van der Waals surface area contributed by atoms with E-state index in [-0.39, 0.29) is 46.5 Å². The van der Waals surface area contributed by atoms with Gasteiger partial charge in [0.15, 0.2) is 0 Å². The molecule has 7 aromatic carbocycles. The number of fused-ring (bicyclic) bond motifs is 5. The van der Waals surface area contributed by atoms with Gasteiger partial charge in [-0.25, -0.2) is 4.98 Å². The van der Waals surface area contributed by atoms with Crippen LogP contribution >= 0.6 is 0 Å². The summed E-state index contributed by atoms with van der Waals surface area (Å²) in [4.78, 5) is 4.76. The quantitative estimate of drug-likeness (QED) is 0.149. The van der Waals surface area contributed by atoms with E-state index in [2.05, 4.69) is 200 Å². The summed E-state index contributed by atoms with van der Waals surface area (Å²) in [6.45, 7) is 20.2. The summed E-state index contributed by atoms with van der Waals surface area (Å²) in [6, 6.07) is 51.6. The van der Waals surface area contributed by atoms with Crippen molar-refractivity contribution in [3.8, 4) is 45.3 Å². The van der Waals surface area contributed by atoms with Crippen LogP contribution in [0.25, 0.3) is 66.6 Å². The van der Waals surface area contributed by atoms with E-state index in [1.807, 2.05) is 30.3 Å². The molecule has 0 saturated carbocycles. The average molecular weight is 1090 g/mol. The third-order valence-electron chi connectivity index (χ3n) is 13.8. The number of imidazole rings is 1. The number of aromatic nitrogens is 4. The van der Waals surface area contributed by atoms with Gasteiger partial charge in [0.2, 0.25) is 0 Å². The van der Waals surface area contributed by atoms with Gasteiger partial charge in [0.05, 0.1) is 5.48 Å². The maximum absolute atomic E-state index is 9.10. The molecule has 0 fully saturated rings. The van der Waals surface area contributed by atoms with Gasteiger partial charge in [-0.3, -0.25) is 0 Å². The van der Waals surface area contributed by atoms with Crippen molar-refractivity contribution in [2.75, 3.05) is 0 Å². The molecule has 5 nitrogen and oxygen atoms in total. The first-order chi connectivity index (χ1) is 34.7. The second-order valence-corrected chi connectivity index (χ2v) is 22.5. The molecule has 1 unspecified atom stereocenters. The Hall–Kier alpha value is -6.55. The Morgan fingerprint density at radius 1 is 0.609 bits per heavy atom. The summed E-state index contributed by atoms with van der Waals surface area (Å²) in [6.07, 6.45) is 3.53. The van der Waals surface area contributed by atoms with Gasteiger partial charge < -0.3 is 0 Å². The number of benzene rings is 7. The van der Waals surface area contributed by atoms with Crippen LogP contribution in [-0.4, -0.2) is 18.7 Å². The fourth-order valence-electron chi connectivity index (χ4n) is 9.99. The molecule has 3 heterocycles. The molecule has 0 spiro atoms. The molecule has 0 N–H and O–H groups in total. The van der Waals surface area contributed by atoms with Crippen molar-refractivity contribution in [3.05, 3.63) is 202 Å². The summed E-state index contributed by atoms with van der Waals surface area (Å²) in [7, 11) is 0. The van der Waals surface area contributed by atoms with Crippen LogP contribution < -0.4 is 4.74 Å². The molecular weight excluding hydrogens is 1020 g/mol. The first kappa shape index (κ1) is 40.3. The zero-order chi connectivity index (χ0) is 51.5. The Morgan fingerprint density at radius 2 is 1.26 bits per heavy atom. The topological polar surface area (TPSA) is 36.9 Å². The van der Waals surface area contributed by atoms with E-state index in [0.29, 0.717) is 39.1 Å². The molecule has 0 bridgehead atoms. The molecule has 69 heavy (non-hydrogen) atoms. The minimum Gasteiger partial charge on any atom is -0.239 e. The monoisotopic (exact) mass is 1090 g/mol. The second kappa shape index (κ2) is 16.8. The van der Waals surface area contributed by atoms with Gasteiger partial charge in [0.1, 0.15) is 0 Å². The first-order valence-corrected chi connectivity index (χ1v) is 25.0. The second-order valence-electron chi connectivity index (χ2n) is 21.5. The molecule has 0 saturated heterocycles. The van der Waals surface area contributed by atoms with Gasteiger partial charge in [-0.15, -0.1) is 0 Å². The molecule has 0 aliphatic heterocycles. The summed E-state index contributed by atoms with van der Waals surface area (Å²) >= 11 is 2.55. The number of para-hydroxylation sites is 4. The van der Waals surface area contributed by atoms with Crippen LogP contribution in [-0.2, 0) is 42.0 Å². The molecule has 3 aromatic heterocycles. The Bertz CT molecular complexity index is 3890. The van der Waals surface area contributed by atoms with Crippen molar-refractivity contribution >= 4 is 32.8 Å². The van der Waals surface area contributed by atoms with Gasteiger partial charge in [-0.1, -0.05) is 38.9 Å². The summed E-state index contributed by atoms with van der Waals surface area (Å²) < 4.78 is 49.9. The van der Waals surface area contributed by atoms with Crippen molar-refractivity contribution in [3.63, 3.8) is 0 Å². The van der Waals surface area contributed by atoms with Crippen LogP contribution in [0.3, 0.4) is 0 Å². The van der Waals surface area contributed by atoms with Crippen molar-refractivity contribution < 1.29 is 29.6 Å². The van der Waals surface area contributed by atoms with E-state index in [4.69, 9.17) is 15.2 Å². The van der Waals surface area contributed by atoms with Crippen molar-refractivity contribution in [2.45, 2.75) is 97.4 Å². The predicted molar refractivity (Wildman–Crippen MR) is 281 cm³/mol. The zero-order valence-electron chi connectivity index (χ0n) is 44.7. The number of ether oxygens (including phenoxy) is 1. The minimum absolute atomic E-state index is 0.0412. The fourth-order valence-corrected chi connectivity index (χ4v) is 11.1. The van der Waals surface area contributed by atoms with E-state index >= 15 is 0 Å². The number of hydrogen-bond acceptors (Lipinski definition) is 2. The van der Waals surface area contributed by atoms with E-state index in [1.165, 1.54) is 27.8 Å². The molecule has 0 amide bonds. The van der Waals surface area contributed by atoms with E-state index < -0.39 is 0 Å². The Morgan fingerprint density at radius 3 is 1.99 bits per heavy atom. The standard InChI is InChI=1S/C63H58N4O.Pt/c1-61(2,3)44-32-33-64-59(37-44)67-55-23-14-13-20-51(55)52-30-29-48(39-58(52)67)68-47-28-26-42-27-31-54(53(42)38-47)65-40-66(57-25-16-15-24-56(57)65)60-49(41-18-11-10-12-19-41)21-17-22-50(60)43-34-45(62(4,5)6)36-46(35-43)63(7,8)9;/h10-26,28-30,32-37,54H,27,31H2,1-9H3;/q-2;/i13D,14D,20D,23D;. The normalized spacial score (nSPS) is 15.1. The van der Waals surface area contributed by atoms with E-state index in [9.17, 15) is 0 Å². The number of hydrogen-bond donors (Lipinski definition) is 0. The smallest absolute Gasteiger partial charge is 0.239 e. The summed E-state index contributed by atoms with van der Waals surface area (Å²) in [5, 5.41) is 1.04. The van der Waals surface area contributed by atoms with Crippen LogP contribution in [0, 0.1) is 15.9 Å². The van der Waals surface area contributed by atoms with E-state index in [0.717, 1.165) is 55.6 Å². The van der Waals surface area contributed by atoms with Crippen LogP contribution in [0.2, 0.25) is 0 Å².